The molecule has 0 spiro atoms. The van der Waals surface area contributed by atoms with E-state index in [1.165, 1.54) is 12.8 Å². The van der Waals surface area contributed by atoms with Crippen LogP contribution < -0.4 is 0 Å². The molecule has 3 saturated carbocycles. The monoisotopic (exact) mass is 517 g/mol. The molecule has 0 aromatic heterocycles. The minimum atomic E-state index is -0.619. The van der Waals surface area contributed by atoms with Gasteiger partial charge in [0.2, 0.25) is 0 Å². The summed E-state index contributed by atoms with van der Waals surface area (Å²) < 4.78 is 6.42. The molecule has 5 rings (SSSR count). The van der Waals surface area contributed by atoms with Crippen LogP contribution in [0.15, 0.2) is 12.7 Å². The number of hydrogen-bond donors (Lipinski definition) is 1. The van der Waals surface area contributed by atoms with Crippen LogP contribution in [0.3, 0.4) is 0 Å². The lowest BCUT2D eigenvalue weighted by molar-refractivity contribution is -0.205. The minimum Gasteiger partial charge on any atom is -0.461 e. The molecule has 0 aromatic rings. The maximum atomic E-state index is 13.5. The van der Waals surface area contributed by atoms with E-state index in [2.05, 4.69) is 46.2 Å². The molecular weight excluding hydrogens is 470 g/mol. The van der Waals surface area contributed by atoms with Crippen LogP contribution in [-0.4, -0.2) is 64.1 Å². The van der Waals surface area contributed by atoms with Gasteiger partial charge in [0, 0.05) is 40.5 Å². The van der Waals surface area contributed by atoms with Crippen LogP contribution in [0.2, 0.25) is 0 Å². The Morgan fingerprint density at radius 3 is 2.50 bits per heavy atom. The molecule has 5 fully saturated rings. The van der Waals surface area contributed by atoms with Crippen LogP contribution in [0, 0.1) is 34.0 Å². The van der Waals surface area contributed by atoms with Crippen molar-refractivity contribution in [3.8, 4) is 0 Å². The van der Waals surface area contributed by atoms with E-state index in [1.54, 1.807) is 11.8 Å². The zero-order chi connectivity index (χ0) is 26.0. The van der Waals surface area contributed by atoms with Crippen LogP contribution in [-0.2, 0) is 14.3 Å². The van der Waals surface area contributed by atoms with E-state index < -0.39 is 23.0 Å². The average Bonchev–Trinajstić information content (AvgIpc) is 3.28. The number of rotatable bonds is 5. The fourth-order valence-corrected chi connectivity index (χ4v) is 10.5. The second-order valence-electron chi connectivity index (χ2n) is 13.5. The lowest BCUT2D eigenvalue weighted by Crippen LogP contribution is -2.63. The summed E-state index contributed by atoms with van der Waals surface area (Å²) in [4.78, 5) is 29.4. The predicted molar refractivity (Wildman–Crippen MR) is 145 cm³/mol. The summed E-state index contributed by atoms with van der Waals surface area (Å²) in [6, 6.07) is 1.31. The molecule has 0 amide bonds. The molecule has 11 atom stereocenters. The number of aliphatic hydroxyl groups is 1. The summed E-state index contributed by atoms with van der Waals surface area (Å²) >= 11 is 1.76. The van der Waals surface area contributed by atoms with Gasteiger partial charge in [-0.2, -0.15) is 0 Å². The standard InChI is InChI=1S/C30H47NO4S/c1-7-28(4)16-24(35-25(33)17-36-22-14-20-8-9-21(15-22)31(20)6)29(5)18(2)10-12-30(19(3)27(28)34)13-11-23(32)26(29)30/h7,18-22,24,26-27,34H,1,8-17H2,2-6H3/t18-,19+,20-,21+,22?,24-,26?,27+,28-,29+,30+/m1/s1. The highest BCUT2D eigenvalue weighted by atomic mass is 32.2. The Kier molecular flexibility index (Phi) is 6.99. The lowest BCUT2D eigenvalue weighted by atomic mass is 9.44. The highest BCUT2D eigenvalue weighted by Gasteiger charge is 2.68. The van der Waals surface area contributed by atoms with Gasteiger partial charge in [-0.25, -0.2) is 0 Å². The summed E-state index contributed by atoms with van der Waals surface area (Å²) in [6.07, 6.45) is 9.58. The number of thioether (sulfide) groups is 1. The van der Waals surface area contributed by atoms with Crippen molar-refractivity contribution in [1.82, 2.24) is 4.90 Å². The molecule has 0 radical (unpaired) electrons. The molecule has 2 saturated heterocycles. The number of carbonyl (C=O) groups is 2. The maximum Gasteiger partial charge on any atom is 0.316 e. The first-order valence-electron chi connectivity index (χ1n) is 14.3. The maximum absolute atomic E-state index is 13.5. The largest absolute Gasteiger partial charge is 0.461 e. The molecule has 1 N–H and O–H groups in total. The normalized spacial score (nSPS) is 50.8. The van der Waals surface area contributed by atoms with E-state index in [4.69, 9.17) is 4.74 Å². The van der Waals surface area contributed by atoms with Gasteiger partial charge >= 0.3 is 5.97 Å². The number of Topliss-reactive ketones (excluding diaryl/α,β-unsaturated/α-hetero) is 1. The highest BCUT2D eigenvalue weighted by Crippen LogP contribution is 2.68. The first kappa shape index (κ1) is 26.7. The molecule has 2 unspecified atom stereocenters. The Bertz CT molecular complexity index is 895. The molecule has 5 aliphatic rings. The first-order chi connectivity index (χ1) is 17.0. The third kappa shape index (κ3) is 3.95. The Hall–Kier alpha value is -0.850. The molecule has 2 aliphatic heterocycles. The van der Waals surface area contributed by atoms with Crippen molar-refractivity contribution < 1.29 is 19.4 Å². The topological polar surface area (TPSA) is 66.8 Å². The van der Waals surface area contributed by atoms with Crippen LogP contribution >= 0.6 is 11.8 Å². The van der Waals surface area contributed by atoms with E-state index in [1.807, 2.05) is 6.08 Å². The molecule has 4 bridgehead atoms. The summed E-state index contributed by atoms with van der Waals surface area (Å²) in [5.41, 5.74) is -1.24. The van der Waals surface area contributed by atoms with Gasteiger partial charge in [0.1, 0.15) is 11.9 Å². The van der Waals surface area contributed by atoms with Crippen molar-refractivity contribution in [1.29, 1.82) is 0 Å². The number of aliphatic hydroxyl groups excluding tert-OH is 1. The third-order valence-corrected chi connectivity index (χ3v) is 13.3. The number of fused-ring (bicyclic) bond motifs is 2. The van der Waals surface area contributed by atoms with E-state index in [9.17, 15) is 14.7 Å². The van der Waals surface area contributed by atoms with Gasteiger partial charge in [-0.1, -0.05) is 33.8 Å². The Balaban J connectivity index is 1.39. The van der Waals surface area contributed by atoms with Gasteiger partial charge in [-0.3, -0.25) is 9.59 Å². The zero-order valence-electron chi connectivity index (χ0n) is 23.0. The van der Waals surface area contributed by atoms with Crippen LogP contribution in [0.1, 0.15) is 85.5 Å². The van der Waals surface area contributed by atoms with Crippen molar-refractivity contribution >= 4 is 23.5 Å². The number of hydrogen-bond acceptors (Lipinski definition) is 6. The lowest BCUT2D eigenvalue weighted by Gasteiger charge is -2.61. The van der Waals surface area contributed by atoms with Gasteiger partial charge in [-0.05, 0) is 75.7 Å². The molecule has 3 aliphatic carbocycles. The van der Waals surface area contributed by atoms with E-state index >= 15 is 0 Å². The summed E-state index contributed by atoms with van der Waals surface area (Å²) in [7, 11) is 2.24. The fraction of sp³-hybridized carbons (Fsp3) is 0.867. The van der Waals surface area contributed by atoms with Gasteiger partial charge in [-0.15, -0.1) is 18.3 Å². The van der Waals surface area contributed by atoms with Crippen molar-refractivity contribution in [2.24, 2.45) is 34.0 Å². The van der Waals surface area contributed by atoms with Crippen LogP contribution in [0.5, 0.6) is 0 Å². The van der Waals surface area contributed by atoms with Crippen LogP contribution in [0.4, 0.5) is 0 Å². The number of ketones is 1. The molecular formula is C30H47NO4S. The van der Waals surface area contributed by atoms with E-state index in [-0.39, 0.29) is 29.1 Å². The second-order valence-corrected chi connectivity index (χ2v) is 14.8. The van der Waals surface area contributed by atoms with Gasteiger partial charge in [0.15, 0.2) is 0 Å². The summed E-state index contributed by atoms with van der Waals surface area (Å²) in [5.74, 6) is 0.605. The predicted octanol–water partition coefficient (Wildman–Crippen LogP) is 5.25. The Morgan fingerprint density at radius 1 is 1.19 bits per heavy atom. The second kappa shape index (κ2) is 9.41. The fourth-order valence-electron chi connectivity index (χ4n) is 9.38. The smallest absolute Gasteiger partial charge is 0.316 e. The molecule has 202 valence electrons. The van der Waals surface area contributed by atoms with Crippen molar-refractivity contribution in [3.05, 3.63) is 12.7 Å². The number of esters is 1. The molecule has 2 heterocycles. The van der Waals surface area contributed by atoms with E-state index in [0.29, 0.717) is 41.7 Å². The van der Waals surface area contributed by atoms with Crippen molar-refractivity contribution in [3.63, 3.8) is 0 Å². The van der Waals surface area contributed by atoms with Crippen LogP contribution in [0.25, 0.3) is 0 Å². The summed E-state index contributed by atoms with van der Waals surface area (Å²) in [5, 5.41) is 12.2. The quantitative estimate of drug-likeness (QED) is 0.397. The Morgan fingerprint density at radius 2 is 1.86 bits per heavy atom. The molecule has 5 nitrogen and oxygen atoms in total. The molecule has 0 aromatic carbocycles. The SMILES string of the molecule is C=C[C@]1(C)C[C@@H](OC(=O)CSC2C[C@H]3CC[C@@H](C2)N3C)[C@@]2(C)C3C(=O)CC[C@@]3(CC[C@H]2C)[C@@H](C)[C@@H]1O. The highest BCUT2D eigenvalue weighted by molar-refractivity contribution is 8.00. The number of piperidine rings is 1. The minimum absolute atomic E-state index is 0.00390. The van der Waals surface area contributed by atoms with Crippen molar-refractivity contribution in [2.75, 3.05) is 12.8 Å². The average molecular weight is 518 g/mol. The third-order valence-electron chi connectivity index (χ3n) is 12.1. The van der Waals surface area contributed by atoms with Crippen molar-refractivity contribution in [2.45, 2.75) is 115 Å². The number of ether oxygens (including phenoxy) is 1. The number of nitrogens with zero attached hydrogens (tertiary/aromatic N) is 1. The number of carbonyl (C=O) groups excluding carboxylic acids is 2. The molecule has 6 heteroatoms. The zero-order valence-corrected chi connectivity index (χ0v) is 23.8. The molecule has 36 heavy (non-hydrogen) atoms. The van der Waals surface area contributed by atoms with Gasteiger partial charge in [0.05, 0.1) is 11.9 Å². The van der Waals surface area contributed by atoms with E-state index in [0.717, 1.165) is 32.1 Å². The Labute approximate surface area is 222 Å². The van der Waals surface area contributed by atoms with Gasteiger partial charge in [0.25, 0.3) is 0 Å². The van der Waals surface area contributed by atoms with Gasteiger partial charge < -0.3 is 14.7 Å². The first-order valence-corrected chi connectivity index (χ1v) is 15.4. The summed E-state index contributed by atoms with van der Waals surface area (Å²) in [6.45, 7) is 12.8.